The van der Waals surface area contributed by atoms with Crippen molar-refractivity contribution in [2.75, 3.05) is 6.61 Å². The molecule has 0 spiro atoms. The first kappa shape index (κ1) is 25.0. The van der Waals surface area contributed by atoms with Crippen LogP contribution in [0.25, 0.3) is 5.32 Å². The van der Waals surface area contributed by atoms with Gasteiger partial charge in [0.25, 0.3) is 0 Å². The Morgan fingerprint density at radius 2 is 2.07 bits per heavy atom. The molecule has 0 amide bonds. The van der Waals surface area contributed by atoms with Crippen molar-refractivity contribution >= 4 is 28.9 Å². The Balaban J connectivity index is 0.00000364. The summed E-state index contributed by atoms with van der Waals surface area (Å²) in [5.74, 6) is 0. The van der Waals surface area contributed by atoms with Crippen LogP contribution >= 0.6 is 23.8 Å². The van der Waals surface area contributed by atoms with Gasteiger partial charge < -0.3 is 15.7 Å². The molecule has 0 saturated heterocycles. The van der Waals surface area contributed by atoms with Gasteiger partial charge in [-0.05, 0) is 66.4 Å². The predicted molar refractivity (Wildman–Crippen MR) is 110 cm³/mol. The summed E-state index contributed by atoms with van der Waals surface area (Å²) in [7, 11) is 0. The second-order valence-electron chi connectivity index (χ2n) is 6.35. The molecule has 7 heteroatoms. The zero-order valence-corrected chi connectivity index (χ0v) is 20.7. The van der Waals surface area contributed by atoms with E-state index in [4.69, 9.17) is 23.8 Å². The van der Waals surface area contributed by atoms with Crippen LogP contribution < -0.4 is 56.7 Å². The first-order valence-corrected chi connectivity index (χ1v) is 9.19. The number of nitrogens with zero attached hydrogens (tertiary/aromatic N) is 1. The Morgan fingerprint density at radius 1 is 1.37 bits per heavy atom. The number of benzene rings is 1. The van der Waals surface area contributed by atoms with E-state index < -0.39 is 12.2 Å². The second kappa shape index (κ2) is 11.8. The maximum Gasteiger partial charge on any atom is 1.00 e. The monoisotopic (exact) mass is 432 g/mol. The summed E-state index contributed by atoms with van der Waals surface area (Å²) < 4.78 is 13.6. The number of hydrogen-bond donors (Lipinski definition) is 2. The van der Waals surface area contributed by atoms with Crippen LogP contribution in [0, 0.1) is 6.92 Å². The van der Waals surface area contributed by atoms with E-state index in [9.17, 15) is 9.50 Å². The van der Waals surface area contributed by atoms with Crippen molar-refractivity contribution in [3.05, 3.63) is 75.1 Å². The molecule has 0 aromatic heterocycles. The molecule has 3 atom stereocenters. The summed E-state index contributed by atoms with van der Waals surface area (Å²) in [6.45, 7) is 5.56. The van der Waals surface area contributed by atoms with Crippen molar-refractivity contribution in [3.63, 3.8) is 0 Å². The van der Waals surface area contributed by atoms with Crippen LogP contribution in [-0.4, -0.2) is 29.0 Å². The van der Waals surface area contributed by atoms with Gasteiger partial charge in [0.1, 0.15) is 6.17 Å². The SMILES string of the molecule is CC1=CC(F)C=CC=C1C(C)[N-]C(=S)NC(CO)c1cc(C)cc(Cl)c1.[K+]. The van der Waals surface area contributed by atoms with Crippen molar-refractivity contribution in [1.29, 1.82) is 0 Å². The van der Waals surface area contributed by atoms with Crippen LogP contribution in [0.2, 0.25) is 5.02 Å². The van der Waals surface area contributed by atoms with Gasteiger partial charge in [-0.15, -0.1) is 0 Å². The summed E-state index contributed by atoms with van der Waals surface area (Å²) >= 11 is 11.4. The third-order valence-corrected chi connectivity index (χ3v) is 4.58. The standard InChI is InChI=1S/C20H24ClFN2OS.K/c1-12-7-15(10-16(21)8-12)19(11-25)24-20(26)23-14(3)18-6-4-5-17(22)9-13(18)2;/h4-10,14,17,19,25H,11H2,1-3H3,(H2,23,24,26);/q;+1/p-1. The molecule has 0 heterocycles. The van der Waals surface area contributed by atoms with Gasteiger partial charge in [0.05, 0.1) is 0 Å². The summed E-state index contributed by atoms with van der Waals surface area (Å²) in [5, 5.41) is 18.2. The first-order valence-electron chi connectivity index (χ1n) is 8.40. The van der Waals surface area contributed by atoms with Gasteiger partial charge in [-0.3, -0.25) is 0 Å². The molecular weight excluding hydrogens is 410 g/mol. The zero-order valence-electron chi connectivity index (χ0n) is 16.0. The minimum absolute atomic E-state index is 0. The van der Waals surface area contributed by atoms with E-state index >= 15 is 0 Å². The van der Waals surface area contributed by atoms with Crippen LogP contribution in [0.4, 0.5) is 4.39 Å². The number of rotatable bonds is 5. The van der Waals surface area contributed by atoms with E-state index in [1.54, 1.807) is 18.2 Å². The fraction of sp³-hybridized carbons (Fsp3) is 0.350. The molecular formula is C20H23ClFKN2OS. The van der Waals surface area contributed by atoms with Gasteiger partial charge in [0, 0.05) is 22.8 Å². The van der Waals surface area contributed by atoms with Crippen molar-refractivity contribution in [3.8, 4) is 0 Å². The number of alkyl halides is 1. The fourth-order valence-electron chi connectivity index (χ4n) is 2.89. The molecule has 3 nitrogen and oxygen atoms in total. The molecule has 0 saturated carbocycles. The normalized spacial score (nSPS) is 18.4. The van der Waals surface area contributed by atoms with Crippen LogP contribution in [0.3, 0.4) is 0 Å². The van der Waals surface area contributed by atoms with Crippen molar-refractivity contribution in [1.82, 2.24) is 5.32 Å². The average molecular weight is 433 g/mol. The molecule has 1 aromatic carbocycles. The van der Waals surface area contributed by atoms with Gasteiger partial charge in [-0.1, -0.05) is 49.0 Å². The van der Waals surface area contributed by atoms with E-state index in [-0.39, 0.29) is 69.1 Å². The van der Waals surface area contributed by atoms with Gasteiger partial charge in [0.2, 0.25) is 0 Å². The molecule has 1 aliphatic carbocycles. The number of halogens is 2. The van der Waals surface area contributed by atoms with Gasteiger partial charge in [-0.25, -0.2) is 4.39 Å². The predicted octanol–water partition coefficient (Wildman–Crippen LogP) is 2.10. The topological polar surface area (TPSA) is 46.4 Å². The number of allylic oxidation sites excluding steroid dienone is 4. The Kier molecular flexibility index (Phi) is 10.9. The van der Waals surface area contributed by atoms with E-state index in [1.165, 1.54) is 6.08 Å². The van der Waals surface area contributed by atoms with E-state index in [0.29, 0.717) is 5.02 Å². The fourth-order valence-corrected chi connectivity index (χ4v) is 3.49. The number of hydrogen-bond acceptors (Lipinski definition) is 2. The molecule has 27 heavy (non-hydrogen) atoms. The van der Waals surface area contributed by atoms with Crippen LogP contribution in [-0.2, 0) is 0 Å². The largest absolute Gasteiger partial charge is 1.00 e. The molecule has 0 fully saturated rings. The number of thiocarbonyl (C=S) groups is 1. The molecule has 1 aliphatic rings. The van der Waals surface area contributed by atoms with Crippen molar-refractivity contribution in [2.45, 2.75) is 39.0 Å². The van der Waals surface area contributed by atoms with Gasteiger partial charge in [-0.2, -0.15) is 0 Å². The Bertz CT molecular complexity index is 746. The number of aliphatic hydroxyl groups is 1. The van der Waals surface area contributed by atoms with Gasteiger partial charge >= 0.3 is 51.4 Å². The van der Waals surface area contributed by atoms with Crippen molar-refractivity contribution < 1.29 is 60.9 Å². The summed E-state index contributed by atoms with van der Waals surface area (Å²) in [6, 6.07) is 4.95. The molecule has 2 rings (SSSR count). The minimum Gasteiger partial charge on any atom is -0.464 e. The van der Waals surface area contributed by atoms with Crippen molar-refractivity contribution in [2.24, 2.45) is 0 Å². The Hall–Kier alpha value is -0.0536. The Labute approximate surface area is 213 Å². The average Bonchev–Trinajstić information content (AvgIpc) is 2.71. The zero-order chi connectivity index (χ0) is 19.3. The van der Waals surface area contributed by atoms with Crippen LogP contribution in [0.15, 0.2) is 53.6 Å². The molecule has 0 bridgehead atoms. The first-order chi connectivity index (χ1) is 12.3. The van der Waals surface area contributed by atoms with Crippen LogP contribution in [0.5, 0.6) is 0 Å². The maximum atomic E-state index is 13.6. The third kappa shape index (κ3) is 7.70. The quantitative estimate of drug-likeness (QED) is 0.553. The van der Waals surface area contributed by atoms with Crippen LogP contribution in [0.1, 0.15) is 31.0 Å². The van der Waals surface area contributed by atoms with E-state index in [0.717, 1.165) is 22.3 Å². The third-order valence-electron chi connectivity index (χ3n) is 4.14. The summed E-state index contributed by atoms with van der Waals surface area (Å²) in [4.78, 5) is 0. The molecule has 2 N–H and O–H groups in total. The molecule has 140 valence electrons. The smallest absolute Gasteiger partial charge is 0.464 e. The maximum absolute atomic E-state index is 13.6. The molecule has 1 aromatic rings. The number of aliphatic hydroxyl groups excluding tert-OH is 1. The second-order valence-corrected chi connectivity index (χ2v) is 7.18. The summed E-state index contributed by atoms with van der Waals surface area (Å²) in [6.07, 6.45) is 5.50. The minimum atomic E-state index is -1.09. The Morgan fingerprint density at radius 3 is 2.70 bits per heavy atom. The van der Waals surface area contributed by atoms with E-state index in [1.807, 2.05) is 39.0 Å². The number of aryl methyl sites for hydroxylation is 1. The summed E-state index contributed by atoms with van der Waals surface area (Å²) in [5.41, 5.74) is 3.59. The number of nitrogens with one attached hydrogen (secondary N) is 1. The molecule has 3 unspecified atom stereocenters. The van der Waals surface area contributed by atoms with Gasteiger partial charge in [0.15, 0.2) is 0 Å². The molecule has 0 radical (unpaired) electrons. The van der Waals surface area contributed by atoms with E-state index in [2.05, 4.69) is 10.6 Å². The molecule has 0 aliphatic heterocycles.